The highest BCUT2D eigenvalue weighted by atomic mass is 16.3. The summed E-state index contributed by atoms with van der Waals surface area (Å²) in [6, 6.07) is 25.3. The van der Waals surface area contributed by atoms with Gasteiger partial charge in [0.15, 0.2) is 0 Å². The normalized spacial score (nSPS) is 12.2. The van der Waals surface area contributed by atoms with Gasteiger partial charge in [-0.1, -0.05) is 74.0 Å². The van der Waals surface area contributed by atoms with Crippen LogP contribution in [0.15, 0.2) is 77.2 Å². The number of furan rings is 1. The number of benzene rings is 2. The van der Waals surface area contributed by atoms with E-state index in [1.165, 1.54) is 5.56 Å². The summed E-state index contributed by atoms with van der Waals surface area (Å²) in [5.74, 6) is 1.90. The molecule has 3 rings (SSSR count). The third-order valence-corrected chi connectivity index (χ3v) is 4.02. The summed E-state index contributed by atoms with van der Waals surface area (Å²) >= 11 is 0. The molecule has 23 heavy (non-hydrogen) atoms. The molecule has 0 aliphatic heterocycles. The van der Waals surface area contributed by atoms with Gasteiger partial charge in [0, 0.05) is 11.6 Å². The standard InChI is InChI=1S/C21H23NO/c1-2-9-20(17-10-5-3-6-11-17)22-16-19-14-15-21(23-19)18-12-7-4-8-13-18/h3-8,10-15,20,22H,2,9,16H2,1H3. The number of rotatable bonds is 7. The summed E-state index contributed by atoms with van der Waals surface area (Å²) in [5.41, 5.74) is 2.45. The molecule has 3 aromatic rings. The van der Waals surface area contributed by atoms with Gasteiger partial charge in [-0.3, -0.25) is 0 Å². The highest BCUT2D eigenvalue weighted by Gasteiger charge is 2.11. The van der Waals surface area contributed by atoms with E-state index in [-0.39, 0.29) is 0 Å². The molecule has 1 atom stereocenters. The van der Waals surface area contributed by atoms with Crippen molar-refractivity contribution in [1.82, 2.24) is 5.32 Å². The van der Waals surface area contributed by atoms with E-state index >= 15 is 0 Å². The lowest BCUT2D eigenvalue weighted by molar-refractivity contribution is 0.439. The highest BCUT2D eigenvalue weighted by molar-refractivity contribution is 5.57. The maximum atomic E-state index is 5.97. The Morgan fingerprint density at radius 3 is 2.26 bits per heavy atom. The monoisotopic (exact) mass is 305 g/mol. The zero-order chi connectivity index (χ0) is 15.9. The first-order chi connectivity index (χ1) is 11.4. The van der Waals surface area contributed by atoms with E-state index in [2.05, 4.69) is 60.8 Å². The minimum atomic E-state index is 0.367. The van der Waals surface area contributed by atoms with Crippen molar-refractivity contribution in [2.75, 3.05) is 0 Å². The van der Waals surface area contributed by atoms with Crippen molar-refractivity contribution in [3.63, 3.8) is 0 Å². The second kappa shape index (κ2) is 7.80. The van der Waals surface area contributed by atoms with Crippen LogP contribution in [0.4, 0.5) is 0 Å². The average molecular weight is 305 g/mol. The molecular formula is C21H23NO. The quantitative estimate of drug-likeness (QED) is 0.616. The zero-order valence-corrected chi connectivity index (χ0v) is 13.5. The molecule has 2 nitrogen and oxygen atoms in total. The summed E-state index contributed by atoms with van der Waals surface area (Å²) in [7, 11) is 0. The first-order valence-electron chi connectivity index (χ1n) is 8.29. The van der Waals surface area contributed by atoms with Crippen LogP contribution in [0.3, 0.4) is 0 Å². The molecule has 1 N–H and O–H groups in total. The van der Waals surface area contributed by atoms with Crippen molar-refractivity contribution in [2.24, 2.45) is 0 Å². The van der Waals surface area contributed by atoms with Crippen molar-refractivity contribution >= 4 is 0 Å². The van der Waals surface area contributed by atoms with Crippen LogP contribution in [0.5, 0.6) is 0 Å². The Kier molecular flexibility index (Phi) is 5.28. The second-order valence-electron chi connectivity index (χ2n) is 5.76. The summed E-state index contributed by atoms with van der Waals surface area (Å²) < 4.78 is 5.97. The van der Waals surface area contributed by atoms with Gasteiger partial charge in [0.2, 0.25) is 0 Å². The molecule has 0 saturated heterocycles. The molecule has 0 spiro atoms. The Labute approximate surface area is 138 Å². The summed E-state index contributed by atoms with van der Waals surface area (Å²) in [5, 5.41) is 3.62. The minimum absolute atomic E-state index is 0.367. The molecule has 2 heteroatoms. The van der Waals surface area contributed by atoms with Gasteiger partial charge in [0.1, 0.15) is 11.5 Å². The van der Waals surface area contributed by atoms with Crippen molar-refractivity contribution in [1.29, 1.82) is 0 Å². The Hall–Kier alpha value is -2.32. The van der Waals surface area contributed by atoms with Gasteiger partial charge in [-0.25, -0.2) is 0 Å². The molecular weight excluding hydrogens is 282 g/mol. The Morgan fingerprint density at radius 1 is 0.870 bits per heavy atom. The highest BCUT2D eigenvalue weighted by Crippen LogP contribution is 2.23. The van der Waals surface area contributed by atoms with Crippen LogP contribution in [0, 0.1) is 0 Å². The molecule has 0 radical (unpaired) electrons. The van der Waals surface area contributed by atoms with Crippen LogP contribution < -0.4 is 5.32 Å². The van der Waals surface area contributed by atoms with E-state index in [0.717, 1.165) is 36.5 Å². The molecule has 2 aromatic carbocycles. The minimum Gasteiger partial charge on any atom is -0.460 e. The molecule has 118 valence electrons. The fourth-order valence-corrected chi connectivity index (χ4v) is 2.81. The zero-order valence-electron chi connectivity index (χ0n) is 13.5. The lowest BCUT2D eigenvalue weighted by atomic mass is 10.0. The number of nitrogens with one attached hydrogen (secondary N) is 1. The smallest absolute Gasteiger partial charge is 0.134 e. The maximum Gasteiger partial charge on any atom is 0.134 e. The number of hydrogen-bond acceptors (Lipinski definition) is 2. The summed E-state index contributed by atoms with van der Waals surface area (Å²) in [6.45, 7) is 2.96. The lowest BCUT2D eigenvalue weighted by Gasteiger charge is -2.17. The first kappa shape index (κ1) is 15.6. The Morgan fingerprint density at radius 2 is 1.57 bits per heavy atom. The predicted molar refractivity (Wildman–Crippen MR) is 95.1 cm³/mol. The van der Waals surface area contributed by atoms with Crippen molar-refractivity contribution < 1.29 is 4.42 Å². The fourth-order valence-electron chi connectivity index (χ4n) is 2.81. The van der Waals surface area contributed by atoms with Gasteiger partial charge in [0.05, 0.1) is 6.54 Å². The van der Waals surface area contributed by atoms with Crippen LogP contribution in [-0.4, -0.2) is 0 Å². The van der Waals surface area contributed by atoms with E-state index < -0.39 is 0 Å². The molecule has 0 saturated carbocycles. The Bertz CT molecular complexity index is 703. The Balaban J connectivity index is 1.66. The molecule has 0 bridgehead atoms. The average Bonchev–Trinajstić information content (AvgIpc) is 3.09. The second-order valence-corrected chi connectivity index (χ2v) is 5.76. The number of hydrogen-bond donors (Lipinski definition) is 1. The van der Waals surface area contributed by atoms with E-state index in [0.29, 0.717) is 6.04 Å². The topological polar surface area (TPSA) is 25.2 Å². The molecule has 1 aromatic heterocycles. The first-order valence-corrected chi connectivity index (χ1v) is 8.29. The third-order valence-electron chi connectivity index (χ3n) is 4.02. The van der Waals surface area contributed by atoms with Crippen LogP contribution in [0.2, 0.25) is 0 Å². The van der Waals surface area contributed by atoms with E-state index in [1.54, 1.807) is 0 Å². The molecule has 0 amide bonds. The molecule has 1 heterocycles. The van der Waals surface area contributed by atoms with E-state index in [1.807, 2.05) is 24.3 Å². The largest absolute Gasteiger partial charge is 0.460 e. The van der Waals surface area contributed by atoms with Gasteiger partial charge in [0.25, 0.3) is 0 Å². The van der Waals surface area contributed by atoms with Crippen LogP contribution in [-0.2, 0) is 6.54 Å². The molecule has 0 aliphatic carbocycles. The fraction of sp³-hybridized carbons (Fsp3) is 0.238. The molecule has 0 aliphatic rings. The van der Waals surface area contributed by atoms with Gasteiger partial charge in [-0.2, -0.15) is 0 Å². The van der Waals surface area contributed by atoms with Gasteiger partial charge in [-0.15, -0.1) is 0 Å². The van der Waals surface area contributed by atoms with Crippen molar-refractivity contribution in [3.8, 4) is 11.3 Å². The summed E-state index contributed by atoms with van der Waals surface area (Å²) in [4.78, 5) is 0. The summed E-state index contributed by atoms with van der Waals surface area (Å²) in [6.07, 6.45) is 2.27. The van der Waals surface area contributed by atoms with Crippen LogP contribution >= 0.6 is 0 Å². The third kappa shape index (κ3) is 4.11. The van der Waals surface area contributed by atoms with E-state index in [4.69, 9.17) is 4.42 Å². The lowest BCUT2D eigenvalue weighted by Crippen LogP contribution is -2.20. The predicted octanol–water partition coefficient (Wildman–Crippen LogP) is 5.58. The van der Waals surface area contributed by atoms with Crippen molar-refractivity contribution in [3.05, 3.63) is 84.1 Å². The van der Waals surface area contributed by atoms with Crippen LogP contribution in [0.25, 0.3) is 11.3 Å². The van der Waals surface area contributed by atoms with E-state index in [9.17, 15) is 0 Å². The van der Waals surface area contributed by atoms with Gasteiger partial charge < -0.3 is 9.73 Å². The maximum absolute atomic E-state index is 5.97. The molecule has 0 fully saturated rings. The van der Waals surface area contributed by atoms with Crippen LogP contribution in [0.1, 0.15) is 37.1 Å². The molecule has 1 unspecified atom stereocenters. The van der Waals surface area contributed by atoms with Gasteiger partial charge >= 0.3 is 0 Å². The van der Waals surface area contributed by atoms with Gasteiger partial charge in [-0.05, 0) is 24.1 Å². The van der Waals surface area contributed by atoms with Crippen molar-refractivity contribution in [2.45, 2.75) is 32.4 Å². The SMILES string of the molecule is CCCC(NCc1ccc(-c2ccccc2)o1)c1ccccc1.